The standard InChI is InChI=1S/C15H16BrClOS/c1-15(2,3)13-7-6-12(19-13)14(18)9-4-5-11(17)10(16)8-9/h4-8,14,18H,1-3H3. The van der Waals surface area contributed by atoms with Crippen LogP contribution in [0.5, 0.6) is 0 Å². The minimum Gasteiger partial charge on any atom is -0.383 e. The molecular weight excluding hydrogens is 344 g/mol. The van der Waals surface area contributed by atoms with Gasteiger partial charge in [-0.15, -0.1) is 11.3 Å². The highest BCUT2D eigenvalue weighted by atomic mass is 79.9. The zero-order valence-electron chi connectivity index (χ0n) is 11.1. The average Bonchev–Trinajstić information content (AvgIpc) is 2.81. The Morgan fingerprint density at radius 3 is 2.42 bits per heavy atom. The van der Waals surface area contributed by atoms with Crippen LogP contribution in [0.25, 0.3) is 0 Å². The Morgan fingerprint density at radius 1 is 1.21 bits per heavy atom. The lowest BCUT2D eigenvalue weighted by molar-refractivity contribution is 0.224. The fourth-order valence-electron chi connectivity index (χ4n) is 1.75. The average molecular weight is 360 g/mol. The third-order valence-corrected chi connectivity index (χ3v) is 5.67. The predicted molar refractivity (Wildman–Crippen MR) is 86.2 cm³/mol. The molecule has 1 N–H and O–H groups in total. The summed E-state index contributed by atoms with van der Waals surface area (Å²) in [5.74, 6) is 0. The molecule has 0 aliphatic carbocycles. The molecule has 1 aromatic carbocycles. The highest BCUT2D eigenvalue weighted by Crippen LogP contribution is 2.36. The third kappa shape index (κ3) is 3.40. The zero-order valence-corrected chi connectivity index (χ0v) is 14.2. The molecular formula is C15H16BrClOS. The Labute approximate surface area is 131 Å². The minimum atomic E-state index is -0.602. The molecule has 0 saturated carbocycles. The van der Waals surface area contributed by atoms with E-state index in [2.05, 4.69) is 42.8 Å². The Bertz CT molecular complexity index is 586. The van der Waals surface area contributed by atoms with Gasteiger partial charge in [-0.25, -0.2) is 0 Å². The van der Waals surface area contributed by atoms with Gasteiger partial charge in [0, 0.05) is 14.2 Å². The van der Waals surface area contributed by atoms with E-state index in [9.17, 15) is 5.11 Å². The molecule has 0 saturated heterocycles. The van der Waals surface area contributed by atoms with Crippen molar-refractivity contribution in [2.75, 3.05) is 0 Å². The highest BCUT2D eigenvalue weighted by Gasteiger charge is 2.20. The second-order valence-electron chi connectivity index (χ2n) is 5.53. The van der Waals surface area contributed by atoms with E-state index in [1.807, 2.05) is 18.2 Å². The predicted octanol–water partition coefficient (Wildman–Crippen LogP) is 5.54. The van der Waals surface area contributed by atoms with E-state index in [4.69, 9.17) is 11.6 Å². The summed E-state index contributed by atoms with van der Waals surface area (Å²) in [5.41, 5.74) is 0.960. The van der Waals surface area contributed by atoms with Gasteiger partial charge in [0.2, 0.25) is 0 Å². The summed E-state index contributed by atoms with van der Waals surface area (Å²) >= 11 is 11.0. The van der Waals surface area contributed by atoms with Gasteiger partial charge in [-0.3, -0.25) is 0 Å². The topological polar surface area (TPSA) is 20.2 Å². The molecule has 0 aliphatic heterocycles. The fraction of sp³-hybridized carbons (Fsp3) is 0.333. The van der Waals surface area contributed by atoms with Gasteiger partial charge in [0.15, 0.2) is 0 Å². The lowest BCUT2D eigenvalue weighted by atomic mass is 9.95. The summed E-state index contributed by atoms with van der Waals surface area (Å²) in [6.07, 6.45) is -0.602. The Morgan fingerprint density at radius 2 is 1.89 bits per heavy atom. The molecule has 1 heterocycles. The normalized spacial score (nSPS) is 13.6. The molecule has 102 valence electrons. The van der Waals surface area contributed by atoms with E-state index in [0.29, 0.717) is 5.02 Å². The Kier molecular flexibility index (Phi) is 4.41. The summed E-state index contributed by atoms with van der Waals surface area (Å²) in [6, 6.07) is 9.60. The molecule has 0 bridgehead atoms. The summed E-state index contributed by atoms with van der Waals surface area (Å²) < 4.78 is 0.804. The maximum Gasteiger partial charge on any atom is 0.113 e. The second kappa shape index (κ2) is 5.57. The number of hydrogen-bond donors (Lipinski definition) is 1. The molecule has 1 aromatic heterocycles. The van der Waals surface area contributed by atoms with E-state index in [-0.39, 0.29) is 5.41 Å². The van der Waals surface area contributed by atoms with Crippen LogP contribution in [0.3, 0.4) is 0 Å². The second-order valence-corrected chi connectivity index (χ2v) is 7.90. The Hall–Kier alpha value is -0.350. The van der Waals surface area contributed by atoms with Crippen LogP contribution < -0.4 is 0 Å². The molecule has 1 nitrogen and oxygen atoms in total. The van der Waals surface area contributed by atoms with Crippen molar-refractivity contribution in [2.24, 2.45) is 0 Å². The number of hydrogen-bond acceptors (Lipinski definition) is 2. The molecule has 1 atom stereocenters. The molecule has 0 spiro atoms. The van der Waals surface area contributed by atoms with Gasteiger partial charge >= 0.3 is 0 Å². The van der Waals surface area contributed by atoms with Gasteiger partial charge in [0.1, 0.15) is 6.10 Å². The largest absolute Gasteiger partial charge is 0.383 e. The Balaban J connectivity index is 2.31. The van der Waals surface area contributed by atoms with Crippen molar-refractivity contribution in [1.82, 2.24) is 0 Å². The summed E-state index contributed by atoms with van der Waals surface area (Å²) in [6.45, 7) is 6.52. The van der Waals surface area contributed by atoms with E-state index in [1.165, 1.54) is 4.88 Å². The number of halogens is 2. The lowest BCUT2D eigenvalue weighted by Crippen LogP contribution is -2.07. The van der Waals surface area contributed by atoms with E-state index in [0.717, 1.165) is 14.9 Å². The minimum absolute atomic E-state index is 0.114. The van der Waals surface area contributed by atoms with Crippen LogP contribution in [-0.2, 0) is 5.41 Å². The first-order chi connectivity index (χ1) is 8.79. The summed E-state index contributed by atoms with van der Waals surface area (Å²) in [5, 5.41) is 11.1. The van der Waals surface area contributed by atoms with Crippen molar-refractivity contribution in [3.05, 3.63) is 55.1 Å². The van der Waals surface area contributed by atoms with E-state index >= 15 is 0 Å². The van der Waals surface area contributed by atoms with Crippen molar-refractivity contribution in [3.8, 4) is 0 Å². The zero-order chi connectivity index (χ0) is 14.2. The monoisotopic (exact) mass is 358 g/mol. The number of aliphatic hydroxyl groups excluding tert-OH is 1. The molecule has 0 radical (unpaired) electrons. The SMILES string of the molecule is CC(C)(C)c1ccc(C(O)c2ccc(Cl)c(Br)c2)s1. The van der Waals surface area contributed by atoms with Crippen LogP contribution in [0.15, 0.2) is 34.8 Å². The first kappa shape index (κ1) is 15.0. The molecule has 0 fully saturated rings. The van der Waals surface area contributed by atoms with Crippen LogP contribution in [0.2, 0.25) is 5.02 Å². The smallest absolute Gasteiger partial charge is 0.113 e. The molecule has 0 aliphatic rings. The van der Waals surface area contributed by atoms with Crippen LogP contribution in [-0.4, -0.2) is 5.11 Å². The molecule has 1 unspecified atom stereocenters. The van der Waals surface area contributed by atoms with Crippen LogP contribution in [0.1, 0.15) is 42.2 Å². The molecule has 2 rings (SSSR count). The maximum atomic E-state index is 10.4. The van der Waals surface area contributed by atoms with Crippen LogP contribution in [0.4, 0.5) is 0 Å². The fourth-order valence-corrected chi connectivity index (χ4v) is 3.34. The number of aliphatic hydroxyl groups is 1. The van der Waals surface area contributed by atoms with Gasteiger partial charge in [-0.1, -0.05) is 38.4 Å². The van der Waals surface area contributed by atoms with Gasteiger partial charge in [0.25, 0.3) is 0 Å². The quantitative estimate of drug-likeness (QED) is 0.746. The number of thiophene rings is 1. The van der Waals surface area contributed by atoms with Crippen molar-refractivity contribution in [1.29, 1.82) is 0 Å². The van der Waals surface area contributed by atoms with Crippen molar-refractivity contribution >= 4 is 38.9 Å². The maximum absolute atomic E-state index is 10.4. The van der Waals surface area contributed by atoms with Crippen molar-refractivity contribution in [3.63, 3.8) is 0 Å². The number of benzene rings is 1. The molecule has 4 heteroatoms. The van der Waals surface area contributed by atoms with Crippen molar-refractivity contribution in [2.45, 2.75) is 32.3 Å². The summed E-state index contributed by atoms with van der Waals surface area (Å²) in [7, 11) is 0. The van der Waals surface area contributed by atoms with Crippen LogP contribution in [0, 0.1) is 0 Å². The third-order valence-electron chi connectivity index (χ3n) is 2.89. The molecule has 19 heavy (non-hydrogen) atoms. The summed E-state index contributed by atoms with van der Waals surface area (Å²) in [4.78, 5) is 2.23. The highest BCUT2D eigenvalue weighted by molar-refractivity contribution is 9.10. The van der Waals surface area contributed by atoms with Crippen molar-refractivity contribution < 1.29 is 5.11 Å². The first-order valence-corrected chi connectivity index (χ1v) is 8.01. The number of rotatable bonds is 2. The van der Waals surface area contributed by atoms with Gasteiger partial charge in [-0.2, -0.15) is 0 Å². The molecule has 2 aromatic rings. The van der Waals surface area contributed by atoms with Gasteiger partial charge < -0.3 is 5.11 Å². The van der Waals surface area contributed by atoms with E-state index in [1.54, 1.807) is 17.4 Å². The van der Waals surface area contributed by atoms with Crippen LogP contribution >= 0.6 is 38.9 Å². The molecule has 0 amide bonds. The lowest BCUT2D eigenvalue weighted by Gasteiger charge is -2.16. The first-order valence-electron chi connectivity index (χ1n) is 6.02. The van der Waals surface area contributed by atoms with Gasteiger partial charge in [0.05, 0.1) is 5.02 Å². The van der Waals surface area contributed by atoms with E-state index < -0.39 is 6.10 Å². The van der Waals surface area contributed by atoms with Gasteiger partial charge in [-0.05, 0) is 51.2 Å².